The van der Waals surface area contributed by atoms with Crippen LogP contribution in [0.2, 0.25) is 0 Å². The van der Waals surface area contributed by atoms with Gasteiger partial charge in [-0.3, -0.25) is 14.3 Å². The van der Waals surface area contributed by atoms with Crippen LogP contribution in [0.5, 0.6) is 0 Å². The molecule has 21 heavy (non-hydrogen) atoms. The van der Waals surface area contributed by atoms with E-state index in [0.29, 0.717) is 0 Å². The second-order valence-electron chi connectivity index (χ2n) is 4.57. The molecule has 0 bridgehead atoms. The lowest BCUT2D eigenvalue weighted by atomic mass is 10.1. The van der Waals surface area contributed by atoms with E-state index in [1.165, 1.54) is 6.92 Å². The number of hydrogen-bond acceptors (Lipinski definition) is 6. The summed E-state index contributed by atoms with van der Waals surface area (Å²) in [6.45, 7) is 0.409. The van der Waals surface area contributed by atoms with Gasteiger partial charge in [0.25, 0.3) is 5.56 Å². The maximum Gasteiger partial charge on any atom is 0.330 e. The van der Waals surface area contributed by atoms with Crippen LogP contribution in [-0.4, -0.2) is 44.4 Å². The molecule has 114 valence electrons. The van der Waals surface area contributed by atoms with Gasteiger partial charge in [0.1, 0.15) is 6.10 Å². The molecule has 11 heteroatoms. The number of aliphatic hydroxyl groups is 2. The molecule has 1 aliphatic heterocycles. The molecule has 1 aromatic rings. The fourth-order valence-corrected chi connectivity index (χ4v) is 2.05. The van der Waals surface area contributed by atoms with Crippen LogP contribution in [0, 0.1) is 6.92 Å². The Morgan fingerprint density at radius 1 is 1.67 bits per heavy atom. The summed E-state index contributed by atoms with van der Waals surface area (Å²) in [5.41, 5.74) is 4.72. The molecule has 0 saturated carbocycles. The third-order valence-electron chi connectivity index (χ3n) is 3.22. The monoisotopic (exact) mass is 301 g/mol. The van der Waals surface area contributed by atoms with Gasteiger partial charge in [0, 0.05) is 16.7 Å². The minimum Gasteiger partial charge on any atom is -0.393 e. The van der Waals surface area contributed by atoms with Crippen molar-refractivity contribution in [1.29, 1.82) is 0 Å². The second kappa shape index (κ2) is 5.30. The Hall–Kier alpha value is -2.20. The van der Waals surface area contributed by atoms with Gasteiger partial charge < -0.3 is 14.9 Å². The van der Waals surface area contributed by atoms with Crippen LogP contribution in [-0.2, 0) is 4.74 Å². The van der Waals surface area contributed by atoms with E-state index in [0.717, 1.165) is 10.8 Å². The van der Waals surface area contributed by atoms with E-state index >= 15 is 0 Å². The molecule has 0 radical (unpaired) electrons. The lowest BCUT2D eigenvalue weighted by Crippen LogP contribution is -2.43. The highest BCUT2D eigenvalue weighted by Gasteiger charge is 2.56. The van der Waals surface area contributed by atoms with Gasteiger partial charge in [0.2, 0.25) is 5.72 Å². The summed E-state index contributed by atoms with van der Waals surface area (Å²) in [6, 6.07) is 0. The number of nitrogens with one attached hydrogen (secondary N) is 1. The molecule has 10 nitrogen and oxygen atoms in total. The Labute approximate surface area is 116 Å². The van der Waals surface area contributed by atoms with Gasteiger partial charge >= 0.3 is 5.69 Å². The fraction of sp³-hybridized carbons (Fsp3) is 0.600. The summed E-state index contributed by atoms with van der Waals surface area (Å²) in [4.78, 5) is 27.3. The maximum atomic E-state index is 14.2. The molecule has 2 rings (SSSR count). The first-order valence-electron chi connectivity index (χ1n) is 5.85. The number of aromatic amines is 1. The average Bonchev–Trinajstić information content (AvgIpc) is 2.69. The van der Waals surface area contributed by atoms with Crippen molar-refractivity contribution in [2.75, 3.05) is 6.61 Å². The quantitative estimate of drug-likeness (QED) is 0.374. The number of nitrogens with zero attached hydrogens (tertiary/aromatic N) is 4. The predicted molar refractivity (Wildman–Crippen MR) is 66.0 cm³/mol. The first-order chi connectivity index (χ1) is 9.86. The highest BCUT2D eigenvalue weighted by Crippen LogP contribution is 2.39. The molecular weight excluding hydrogens is 289 g/mol. The molecule has 1 fully saturated rings. The van der Waals surface area contributed by atoms with Crippen LogP contribution in [0.25, 0.3) is 10.4 Å². The van der Waals surface area contributed by atoms with E-state index in [2.05, 4.69) is 10.0 Å². The van der Waals surface area contributed by atoms with Crippen LogP contribution < -0.4 is 11.2 Å². The molecule has 1 saturated heterocycles. The largest absolute Gasteiger partial charge is 0.393 e. The van der Waals surface area contributed by atoms with Gasteiger partial charge in [0.05, 0.1) is 6.61 Å². The van der Waals surface area contributed by atoms with E-state index in [4.69, 9.17) is 10.3 Å². The Balaban J connectivity index is 2.52. The average molecular weight is 301 g/mol. The molecular formula is C10H12FN5O5. The lowest BCUT2D eigenvalue weighted by molar-refractivity contribution is -0.124. The van der Waals surface area contributed by atoms with Crippen LogP contribution in [0.15, 0.2) is 20.9 Å². The molecule has 0 aliphatic carbocycles. The summed E-state index contributed by atoms with van der Waals surface area (Å²) >= 11 is 0. The smallest absolute Gasteiger partial charge is 0.330 e. The van der Waals surface area contributed by atoms with Gasteiger partial charge in [0.15, 0.2) is 12.4 Å². The number of aromatic nitrogens is 2. The zero-order chi connectivity index (χ0) is 15.8. The Morgan fingerprint density at radius 3 is 2.90 bits per heavy atom. The van der Waals surface area contributed by atoms with Crippen molar-refractivity contribution in [2.24, 2.45) is 5.11 Å². The molecule has 0 aromatic carbocycles. The summed E-state index contributed by atoms with van der Waals surface area (Å²) in [5.74, 6) is 0. The number of ether oxygens (including phenoxy) is 1. The number of aliphatic hydroxyl groups excluding tert-OH is 2. The molecule has 0 amide bonds. The van der Waals surface area contributed by atoms with Crippen molar-refractivity contribution in [3.05, 3.63) is 43.0 Å². The highest BCUT2D eigenvalue weighted by atomic mass is 19.1. The number of azide groups is 1. The number of halogens is 1. The molecule has 0 spiro atoms. The van der Waals surface area contributed by atoms with Crippen LogP contribution in [0.4, 0.5) is 4.39 Å². The first-order valence-corrected chi connectivity index (χ1v) is 5.85. The van der Waals surface area contributed by atoms with Crippen molar-refractivity contribution < 1.29 is 19.3 Å². The van der Waals surface area contributed by atoms with Crippen molar-refractivity contribution in [2.45, 2.75) is 31.2 Å². The normalized spacial score (nSPS) is 31.9. The van der Waals surface area contributed by atoms with Crippen LogP contribution in [0.3, 0.4) is 0 Å². The number of H-pyrrole nitrogens is 1. The molecule has 2 heterocycles. The molecule has 4 atom stereocenters. The third-order valence-corrected chi connectivity index (χ3v) is 3.22. The number of rotatable bonds is 3. The Kier molecular flexibility index (Phi) is 3.83. The standard InChI is InChI=1S/C10H12FN5O5/c1-4-2-16(9(20)13-7(4)19)8-5(11)6(18)10(3-17,21-8)14-15-12/h2,5-6,8,17-18H,3H2,1H3,(H,13,19,20)/t5-,6-,8+,10+/m0/s1. The van der Waals surface area contributed by atoms with Crippen molar-refractivity contribution >= 4 is 0 Å². The van der Waals surface area contributed by atoms with Crippen molar-refractivity contribution in [3.63, 3.8) is 0 Å². The summed E-state index contributed by atoms with van der Waals surface area (Å²) in [6.07, 6.45) is -4.72. The number of alkyl halides is 1. The van der Waals surface area contributed by atoms with E-state index in [1.807, 2.05) is 4.98 Å². The highest BCUT2D eigenvalue weighted by molar-refractivity contribution is 5.05. The number of hydrogen-bond donors (Lipinski definition) is 3. The summed E-state index contributed by atoms with van der Waals surface area (Å²) in [5, 5.41) is 22.1. The molecule has 1 aliphatic rings. The van der Waals surface area contributed by atoms with Crippen LogP contribution in [0.1, 0.15) is 11.8 Å². The van der Waals surface area contributed by atoms with Crippen LogP contribution >= 0.6 is 0 Å². The van der Waals surface area contributed by atoms with E-state index < -0.39 is 42.1 Å². The zero-order valence-corrected chi connectivity index (χ0v) is 10.8. The van der Waals surface area contributed by atoms with Crippen molar-refractivity contribution in [1.82, 2.24) is 9.55 Å². The molecule has 0 unspecified atom stereocenters. The van der Waals surface area contributed by atoms with Gasteiger partial charge in [-0.2, -0.15) is 0 Å². The minimum absolute atomic E-state index is 0.116. The van der Waals surface area contributed by atoms with E-state index in [9.17, 15) is 24.2 Å². The predicted octanol–water partition coefficient (Wildman–Crippen LogP) is -0.928. The molecule has 3 N–H and O–H groups in total. The van der Waals surface area contributed by atoms with E-state index in [1.54, 1.807) is 0 Å². The summed E-state index contributed by atoms with van der Waals surface area (Å²) in [7, 11) is 0. The van der Waals surface area contributed by atoms with Gasteiger partial charge in [-0.25, -0.2) is 9.18 Å². The minimum atomic E-state index is -2.23. The maximum absolute atomic E-state index is 14.2. The van der Waals surface area contributed by atoms with Gasteiger partial charge in [-0.1, -0.05) is 5.11 Å². The third kappa shape index (κ3) is 2.32. The second-order valence-corrected chi connectivity index (χ2v) is 4.57. The Bertz CT molecular complexity index is 711. The molecule has 1 aromatic heterocycles. The van der Waals surface area contributed by atoms with E-state index in [-0.39, 0.29) is 5.56 Å². The van der Waals surface area contributed by atoms with Gasteiger partial charge in [-0.05, 0) is 12.5 Å². The first kappa shape index (κ1) is 15.2. The zero-order valence-electron chi connectivity index (χ0n) is 10.8. The van der Waals surface area contributed by atoms with Crippen molar-refractivity contribution in [3.8, 4) is 0 Å². The topological polar surface area (TPSA) is 153 Å². The fourth-order valence-electron chi connectivity index (χ4n) is 2.05. The van der Waals surface area contributed by atoms with Gasteiger partial charge in [-0.15, -0.1) is 0 Å². The summed E-state index contributed by atoms with van der Waals surface area (Å²) < 4.78 is 20.0. The lowest BCUT2D eigenvalue weighted by Gasteiger charge is -2.23. The SMILES string of the molecule is Cc1cn([C@@H]2O[C@@](CO)(N=[N+]=[N-])[C@@H](O)[C@@H]2F)c(=O)[nH]c1=O. The number of aryl methyl sites for hydroxylation is 1. The Morgan fingerprint density at radius 2 is 2.33 bits per heavy atom.